The van der Waals surface area contributed by atoms with Crippen LogP contribution in [0.25, 0.3) is 22.2 Å². The number of pyridine rings is 1. The minimum absolute atomic E-state index is 0.176. The van der Waals surface area contributed by atoms with E-state index < -0.39 is 23.1 Å². The van der Waals surface area contributed by atoms with Gasteiger partial charge in [-0.3, -0.25) is 14.9 Å². The number of benzene rings is 1. The van der Waals surface area contributed by atoms with Crippen LogP contribution in [0.15, 0.2) is 55.1 Å². The number of H-pyrrole nitrogens is 1. The van der Waals surface area contributed by atoms with Crippen molar-refractivity contribution < 1.29 is 13.6 Å². The number of hydrogen-bond donors (Lipinski definition) is 1. The summed E-state index contributed by atoms with van der Waals surface area (Å²) < 4.78 is 30.0. The number of halogens is 2. The summed E-state index contributed by atoms with van der Waals surface area (Å²) in [6, 6.07) is 7.80. The van der Waals surface area contributed by atoms with E-state index in [1.54, 1.807) is 17.3 Å². The maximum absolute atomic E-state index is 14.2. The van der Waals surface area contributed by atoms with Crippen LogP contribution in [0, 0.1) is 17.6 Å². The van der Waals surface area contributed by atoms with Gasteiger partial charge in [0.2, 0.25) is 0 Å². The van der Waals surface area contributed by atoms with Crippen molar-refractivity contribution in [2.75, 3.05) is 6.54 Å². The number of amides is 1. The molecule has 0 spiro atoms. The van der Waals surface area contributed by atoms with Crippen molar-refractivity contribution in [2.24, 2.45) is 5.92 Å². The molecular formula is C24H23F2N5O. The summed E-state index contributed by atoms with van der Waals surface area (Å²) in [6.45, 7) is 5.11. The Bertz CT molecular complexity index is 1300. The summed E-state index contributed by atoms with van der Waals surface area (Å²) in [7, 11) is 0. The van der Waals surface area contributed by atoms with Crippen LogP contribution in [0.4, 0.5) is 8.78 Å². The van der Waals surface area contributed by atoms with Gasteiger partial charge in [0.15, 0.2) is 11.6 Å². The number of hydrogen-bond acceptors (Lipinski definition) is 3. The molecule has 0 radical (unpaired) electrons. The van der Waals surface area contributed by atoms with Gasteiger partial charge in [0.1, 0.15) is 0 Å². The third-order valence-corrected chi connectivity index (χ3v) is 6.29. The fourth-order valence-electron chi connectivity index (χ4n) is 4.75. The summed E-state index contributed by atoms with van der Waals surface area (Å²) >= 11 is 0. The Hall–Kier alpha value is -3.55. The van der Waals surface area contributed by atoms with E-state index >= 15 is 0 Å². The first-order valence-electron chi connectivity index (χ1n) is 10.5. The average Bonchev–Trinajstić information content (AvgIpc) is 3.49. The summed E-state index contributed by atoms with van der Waals surface area (Å²) in [6.07, 6.45) is 8.17. The van der Waals surface area contributed by atoms with Crippen molar-refractivity contribution in [3.05, 3.63) is 72.3 Å². The third kappa shape index (κ3) is 3.45. The molecule has 1 fully saturated rings. The lowest BCUT2D eigenvalue weighted by Gasteiger charge is -2.31. The first-order chi connectivity index (χ1) is 15.3. The number of fused-ring (bicyclic) bond motifs is 1. The van der Waals surface area contributed by atoms with Crippen LogP contribution < -0.4 is 0 Å². The highest BCUT2D eigenvalue weighted by Crippen LogP contribution is 2.36. The highest BCUT2D eigenvalue weighted by atomic mass is 19.2. The van der Waals surface area contributed by atoms with E-state index in [4.69, 9.17) is 0 Å². The first-order valence-corrected chi connectivity index (χ1v) is 10.5. The molecule has 1 unspecified atom stereocenters. The lowest BCUT2D eigenvalue weighted by atomic mass is 9.96. The van der Waals surface area contributed by atoms with Crippen LogP contribution in [0.3, 0.4) is 0 Å². The quantitative estimate of drug-likeness (QED) is 0.508. The smallest absolute Gasteiger partial charge is 0.257 e. The number of likely N-dealkylation sites (tertiary alicyclic amines) is 1. The molecule has 1 N–H and O–H groups in total. The van der Waals surface area contributed by atoms with Crippen LogP contribution in [-0.2, 0) is 6.54 Å². The lowest BCUT2D eigenvalue weighted by molar-refractivity contribution is 0.0643. The molecule has 1 amide bonds. The van der Waals surface area contributed by atoms with Crippen LogP contribution in [0.2, 0.25) is 0 Å². The largest absolute Gasteiger partial charge is 0.346 e. The molecule has 8 heteroatoms. The highest BCUT2D eigenvalue weighted by molar-refractivity contribution is 5.95. The van der Waals surface area contributed by atoms with E-state index in [1.165, 1.54) is 12.1 Å². The van der Waals surface area contributed by atoms with Crippen LogP contribution in [-0.4, -0.2) is 42.6 Å². The molecule has 4 heterocycles. The molecule has 1 atom stereocenters. The zero-order chi connectivity index (χ0) is 22.5. The predicted octanol–water partition coefficient (Wildman–Crippen LogP) is 4.65. The number of nitrogens with zero attached hydrogens (tertiary/aromatic N) is 4. The van der Waals surface area contributed by atoms with Gasteiger partial charge in [-0.1, -0.05) is 6.07 Å². The van der Waals surface area contributed by atoms with Crippen molar-refractivity contribution >= 4 is 16.8 Å². The molecule has 0 aliphatic carbocycles. The maximum atomic E-state index is 14.2. The molecule has 4 aromatic rings. The normalized spacial score (nSPS) is 17.9. The minimum Gasteiger partial charge on any atom is -0.346 e. The Kier molecular flexibility index (Phi) is 4.80. The van der Waals surface area contributed by atoms with E-state index in [2.05, 4.69) is 19.7 Å². The highest BCUT2D eigenvalue weighted by Gasteiger charge is 2.42. The molecule has 1 aliphatic rings. The van der Waals surface area contributed by atoms with Gasteiger partial charge in [0.25, 0.3) is 5.91 Å². The molecule has 0 saturated carbocycles. The van der Waals surface area contributed by atoms with E-state index in [1.807, 2.05) is 38.4 Å². The molecule has 164 valence electrons. The molecule has 32 heavy (non-hydrogen) atoms. The standard InChI is InChI=1S/C24H23F2N5O/c1-24(2)9-15(14-31(24)23(32)18-4-3-5-19(25)22(18)26)13-30-7-6-16-8-20(27-12-21(16)30)17-10-28-29-11-17/h3-8,10-12,15H,9,13-14H2,1-2H3,(H,28,29). The molecule has 6 nitrogen and oxygen atoms in total. The Labute approximate surface area is 183 Å². The van der Waals surface area contributed by atoms with Gasteiger partial charge in [0.05, 0.1) is 29.2 Å². The minimum atomic E-state index is -1.09. The van der Waals surface area contributed by atoms with E-state index in [-0.39, 0.29) is 11.5 Å². The van der Waals surface area contributed by atoms with Crippen molar-refractivity contribution in [3.63, 3.8) is 0 Å². The summed E-state index contributed by atoms with van der Waals surface area (Å²) in [5.74, 6) is -2.40. The molecule has 0 bridgehead atoms. The van der Waals surface area contributed by atoms with Gasteiger partial charge >= 0.3 is 0 Å². The van der Waals surface area contributed by atoms with E-state index in [9.17, 15) is 13.6 Å². The van der Waals surface area contributed by atoms with Crippen molar-refractivity contribution in [1.29, 1.82) is 0 Å². The van der Waals surface area contributed by atoms with E-state index in [0.717, 1.165) is 34.6 Å². The van der Waals surface area contributed by atoms with Crippen molar-refractivity contribution in [1.82, 2.24) is 24.6 Å². The number of carbonyl (C=O) groups excluding carboxylic acids is 1. The average molecular weight is 435 g/mol. The predicted molar refractivity (Wildman–Crippen MR) is 117 cm³/mol. The second kappa shape index (κ2) is 7.55. The molecule has 1 aromatic carbocycles. The molecular weight excluding hydrogens is 412 g/mol. The van der Waals surface area contributed by atoms with Gasteiger partial charge < -0.3 is 9.47 Å². The van der Waals surface area contributed by atoms with Gasteiger partial charge in [0, 0.05) is 42.0 Å². The number of aromatic nitrogens is 4. The SMILES string of the molecule is CC1(C)CC(Cn2ccc3cc(-c4cn[nH]c4)ncc32)CN1C(=O)c1cccc(F)c1F. The topological polar surface area (TPSA) is 66.8 Å². The second-order valence-corrected chi connectivity index (χ2v) is 8.98. The summed E-state index contributed by atoms with van der Waals surface area (Å²) in [5, 5.41) is 7.84. The molecule has 3 aromatic heterocycles. The monoisotopic (exact) mass is 435 g/mol. The molecule has 1 saturated heterocycles. The first kappa shape index (κ1) is 20.4. The van der Waals surface area contributed by atoms with Crippen LogP contribution >= 0.6 is 0 Å². The second-order valence-electron chi connectivity index (χ2n) is 8.98. The Morgan fingerprint density at radius 2 is 2.09 bits per heavy atom. The zero-order valence-electron chi connectivity index (χ0n) is 17.8. The summed E-state index contributed by atoms with van der Waals surface area (Å²) in [5.41, 5.74) is 2.10. The van der Waals surface area contributed by atoms with Crippen LogP contribution in [0.5, 0.6) is 0 Å². The van der Waals surface area contributed by atoms with Gasteiger partial charge in [-0.2, -0.15) is 5.10 Å². The van der Waals surface area contributed by atoms with Gasteiger partial charge in [-0.25, -0.2) is 8.78 Å². The van der Waals surface area contributed by atoms with Crippen molar-refractivity contribution in [2.45, 2.75) is 32.4 Å². The zero-order valence-corrected chi connectivity index (χ0v) is 17.8. The van der Waals surface area contributed by atoms with Crippen LogP contribution in [0.1, 0.15) is 30.6 Å². The Balaban J connectivity index is 1.37. The molecule has 5 rings (SSSR count). The van der Waals surface area contributed by atoms with Crippen molar-refractivity contribution in [3.8, 4) is 11.3 Å². The summed E-state index contributed by atoms with van der Waals surface area (Å²) in [4.78, 5) is 19.3. The number of carbonyl (C=O) groups is 1. The number of nitrogens with one attached hydrogen (secondary N) is 1. The third-order valence-electron chi connectivity index (χ3n) is 6.29. The fourth-order valence-corrected chi connectivity index (χ4v) is 4.75. The lowest BCUT2D eigenvalue weighted by Crippen LogP contribution is -2.43. The van der Waals surface area contributed by atoms with Gasteiger partial charge in [-0.05, 0) is 50.5 Å². The molecule has 1 aliphatic heterocycles. The number of aromatic amines is 1. The maximum Gasteiger partial charge on any atom is 0.257 e. The number of rotatable bonds is 4. The Morgan fingerprint density at radius 1 is 1.25 bits per heavy atom. The van der Waals surface area contributed by atoms with E-state index in [0.29, 0.717) is 13.1 Å². The fraction of sp³-hybridized carbons (Fsp3) is 0.292. The van der Waals surface area contributed by atoms with Gasteiger partial charge in [-0.15, -0.1) is 0 Å². The Morgan fingerprint density at radius 3 is 2.88 bits per heavy atom.